The molecule has 0 radical (unpaired) electrons. The Morgan fingerprint density at radius 3 is 1.84 bits per heavy atom. The second-order valence-electron chi connectivity index (χ2n) is 8.87. The van der Waals surface area contributed by atoms with E-state index in [1.807, 2.05) is 0 Å². The van der Waals surface area contributed by atoms with E-state index in [0.29, 0.717) is 6.42 Å². The summed E-state index contributed by atoms with van der Waals surface area (Å²) < 4.78 is 0. The van der Waals surface area contributed by atoms with Gasteiger partial charge in [-0.2, -0.15) is 0 Å². The molecular weight excluding hydrogens is 406 g/mol. The van der Waals surface area contributed by atoms with Crippen molar-refractivity contribution in [3.8, 4) is 5.75 Å². The van der Waals surface area contributed by atoms with Gasteiger partial charge in [0.2, 0.25) is 0 Å². The summed E-state index contributed by atoms with van der Waals surface area (Å²) in [6.45, 7) is 1.74. The largest absolute Gasteiger partial charge is 0.507 e. The molecule has 0 spiro atoms. The normalized spacial score (nSPS) is 14.1. The van der Waals surface area contributed by atoms with Crippen LogP contribution in [-0.4, -0.2) is 51.2 Å². The molecule has 6 heteroatoms. The molecule has 0 aliphatic rings. The number of carbonyl (C=O) groups is 1. The molecule has 3 atom stereocenters. The number of aromatic hydroxyl groups is 1. The van der Waals surface area contributed by atoms with Crippen LogP contribution in [-0.2, 0) is 0 Å². The highest BCUT2D eigenvalue weighted by atomic mass is 16.3. The summed E-state index contributed by atoms with van der Waals surface area (Å²) in [6.07, 6.45) is 14.2. The minimum absolute atomic E-state index is 0.0594. The first-order valence-electron chi connectivity index (χ1n) is 12.6. The first-order chi connectivity index (χ1) is 15.5. The topological polar surface area (TPSA) is 110 Å². The SMILES string of the molecule is CCCCCCCCCCCCCCCC(O)C(O)C(CO)NC(=O)c1ccccc1O. The molecule has 0 aliphatic heterocycles. The third-order valence-electron chi connectivity index (χ3n) is 6.07. The number of para-hydroxylation sites is 1. The third-order valence-corrected chi connectivity index (χ3v) is 6.07. The van der Waals surface area contributed by atoms with Crippen molar-refractivity contribution in [1.82, 2.24) is 5.32 Å². The number of hydrogen-bond donors (Lipinski definition) is 5. The summed E-state index contributed by atoms with van der Waals surface area (Å²) in [6, 6.07) is 5.06. The van der Waals surface area contributed by atoms with E-state index in [4.69, 9.17) is 0 Å². The zero-order valence-electron chi connectivity index (χ0n) is 19.8. The van der Waals surface area contributed by atoms with Gasteiger partial charge in [0.15, 0.2) is 0 Å². The van der Waals surface area contributed by atoms with Gasteiger partial charge in [0.05, 0.1) is 24.3 Å². The predicted molar refractivity (Wildman–Crippen MR) is 129 cm³/mol. The fourth-order valence-electron chi connectivity index (χ4n) is 3.96. The second-order valence-corrected chi connectivity index (χ2v) is 8.87. The fourth-order valence-corrected chi connectivity index (χ4v) is 3.96. The molecular formula is C26H45NO5. The number of unbranched alkanes of at least 4 members (excludes halogenated alkanes) is 12. The van der Waals surface area contributed by atoms with E-state index in [9.17, 15) is 25.2 Å². The molecule has 0 saturated carbocycles. The fraction of sp³-hybridized carbons (Fsp3) is 0.731. The average molecular weight is 452 g/mol. The molecule has 0 heterocycles. The van der Waals surface area contributed by atoms with Crippen LogP contribution in [0.1, 0.15) is 107 Å². The molecule has 6 nitrogen and oxygen atoms in total. The van der Waals surface area contributed by atoms with Gasteiger partial charge < -0.3 is 25.7 Å². The van der Waals surface area contributed by atoms with Gasteiger partial charge in [-0.25, -0.2) is 0 Å². The van der Waals surface area contributed by atoms with Gasteiger partial charge in [-0.05, 0) is 18.6 Å². The Kier molecular flexibility index (Phi) is 15.9. The van der Waals surface area contributed by atoms with Crippen LogP contribution in [0.15, 0.2) is 24.3 Å². The van der Waals surface area contributed by atoms with Crippen LogP contribution in [0.5, 0.6) is 5.75 Å². The molecule has 0 bridgehead atoms. The van der Waals surface area contributed by atoms with Crippen molar-refractivity contribution >= 4 is 5.91 Å². The van der Waals surface area contributed by atoms with Crippen LogP contribution in [0.4, 0.5) is 0 Å². The Balaban J connectivity index is 2.14. The number of rotatable bonds is 19. The summed E-state index contributed by atoms with van der Waals surface area (Å²) in [5.41, 5.74) is 0.0594. The lowest BCUT2D eigenvalue weighted by atomic mass is 9.99. The van der Waals surface area contributed by atoms with E-state index in [-0.39, 0.29) is 11.3 Å². The van der Waals surface area contributed by atoms with Crippen molar-refractivity contribution in [2.75, 3.05) is 6.61 Å². The van der Waals surface area contributed by atoms with Gasteiger partial charge in [-0.15, -0.1) is 0 Å². The van der Waals surface area contributed by atoms with Crippen molar-refractivity contribution < 1.29 is 25.2 Å². The summed E-state index contributed by atoms with van der Waals surface area (Å²) in [7, 11) is 0. The number of benzene rings is 1. The highest BCUT2D eigenvalue weighted by Gasteiger charge is 2.27. The monoisotopic (exact) mass is 451 g/mol. The van der Waals surface area contributed by atoms with E-state index in [0.717, 1.165) is 19.3 Å². The number of hydrogen-bond acceptors (Lipinski definition) is 5. The number of phenols is 1. The molecule has 1 rings (SSSR count). The van der Waals surface area contributed by atoms with E-state index in [1.165, 1.54) is 76.3 Å². The second kappa shape index (κ2) is 17.9. The van der Waals surface area contributed by atoms with Gasteiger partial charge >= 0.3 is 0 Å². The number of nitrogens with one attached hydrogen (secondary N) is 1. The minimum Gasteiger partial charge on any atom is -0.507 e. The Bertz CT molecular complexity index is 610. The lowest BCUT2D eigenvalue weighted by Crippen LogP contribution is -2.50. The van der Waals surface area contributed by atoms with Crippen LogP contribution in [0.3, 0.4) is 0 Å². The summed E-state index contributed by atoms with van der Waals surface area (Å²) in [5, 5.41) is 42.4. The number of aliphatic hydroxyl groups is 3. The zero-order chi connectivity index (χ0) is 23.6. The lowest BCUT2D eigenvalue weighted by Gasteiger charge is -2.26. The minimum atomic E-state index is -1.27. The van der Waals surface area contributed by atoms with Crippen LogP contribution in [0, 0.1) is 0 Å². The van der Waals surface area contributed by atoms with Gasteiger partial charge in [0.25, 0.3) is 5.91 Å². The molecule has 5 N–H and O–H groups in total. The molecule has 0 aliphatic carbocycles. The molecule has 1 amide bonds. The molecule has 1 aromatic carbocycles. The van der Waals surface area contributed by atoms with Crippen molar-refractivity contribution in [3.63, 3.8) is 0 Å². The Morgan fingerprint density at radius 2 is 1.34 bits per heavy atom. The van der Waals surface area contributed by atoms with Crippen molar-refractivity contribution in [2.45, 2.75) is 115 Å². The maximum absolute atomic E-state index is 12.3. The molecule has 184 valence electrons. The number of phenolic OH excluding ortho intramolecular Hbond substituents is 1. The maximum atomic E-state index is 12.3. The van der Waals surface area contributed by atoms with Gasteiger partial charge in [-0.3, -0.25) is 4.79 Å². The molecule has 0 aromatic heterocycles. The molecule has 1 aromatic rings. The van der Waals surface area contributed by atoms with Crippen LogP contribution >= 0.6 is 0 Å². The third kappa shape index (κ3) is 11.8. The Labute approximate surface area is 194 Å². The van der Waals surface area contributed by atoms with Crippen LogP contribution < -0.4 is 5.32 Å². The summed E-state index contributed by atoms with van der Waals surface area (Å²) in [4.78, 5) is 12.3. The molecule has 3 unspecified atom stereocenters. The van der Waals surface area contributed by atoms with Crippen molar-refractivity contribution in [2.24, 2.45) is 0 Å². The van der Waals surface area contributed by atoms with Crippen LogP contribution in [0.2, 0.25) is 0 Å². The zero-order valence-corrected chi connectivity index (χ0v) is 19.8. The smallest absolute Gasteiger partial charge is 0.255 e. The van der Waals surface area contributed by atoms with E-state index in [2.05, 4.69) is 12.2 Å². The number of carbonyl (C=O) groups excluding carboxylic acids is 1. The average Bonchev–Trinajstić information content (AvgIpc) is 2.80. The summed E-state index contributed by atoms with van der Waals surface area (Å²) in [5.74, 6) is -0.780. The summed E-state index contributed by atoms with van der Waals surface area (Å²) >= 11 is 0. The Morgan fingerprint density at radius 1 is 0.844 bits per heavy atom. The molecule has 32 heavy (non-hydrogen) atoms. The van der Waals surface area contributed by atoms with Crippen LogP contribution in [0.25, 0.3) is 0 Å². The van der Waals surface area contributed by atoms with Gasteiger partial charge in [0, 0.05) is 0 Å². The number of aliphatic hydroxyl groups excluding tert-OH is 3. The van der Waals surface area contributed by atoms with Crippen molar-refractivity contribution in [3.05, 3.63) is 29.8 Å². The first kappa shape index (κ1) is 28.4. The molecule has 0 fully saturated rings. The standard InChI is InChI=1S/C26H45NO5/c1-2-3-4-5-6-7-8-9-10-11-12-13-14-19-24(30)25(31)22(20-28)27-26(32)21-17-15-16-18-23(21)29/h15-18,22,24-25,28-31H,2-14,19-20H2,1H3,(H,27,32). The predicted octanol–water partition coefficient (Wildman–Crippen LogP) is 4.69. The van der Waals surface area contributed by atoms with E-state index in [1.54, 1.807) is 12.1 Å². The lowest BCUT2D eigenvalue weighted by molar-refractivity contribution is -0.0197. The van der Waals surface area contributed by atoms with Gasteiger partial charge in [-0.1, -0.05) is 103 Å². The Hall–Kier alpha value is -1.63. The highest BCUT2D eigenvalue weighted by molar-refractivity contribution is 5.96. The van der Waals surface area contributed by atoms with E-state index < -0.39 is 30.8 Å². The first-order valence-corrected chi connectivity index (χ1v) is 12.6. The van der Waals surface area contributed by atoms with E-state index >= 15 is 0 Å². The maximum Gasteiger partial charge on any atom is 0.255 e. The number of amides is 1. The van der Waals surface area contributed by atoms with Crippen molar-refractivity contribution in [1.29, 1.82) is 0 Å². The highest BCUT2D eigenvalue weighted by Crippen LogP contribution is 2.17. The van der Waals surface area contributed by atoms with Gasteiger partial charge in [0.1, 0.15) is 11.9 Å². The molecule has 0 saturated heterocycles. The quantitative estimate of drug-likeness (QED) is 0.196.